The van der Waals surface area contributed by atoms with E-state index in [1.54, 1.807) is 12.1 Å². The van der Waals surface area contributed by atoms with E-state index in [1.807, 2.05) is 0 Å². The van der Waals surface area contributed by atoms with E-state index in [1.165, 1.54) is 19.1 Å². The molecule has 1 N–H and O–H groups in total. The Morgan fingerprint density at radius 3 is 2.09 bits per heavy atom. The third-order valence-corrected chi connectivity index (χ3v) is 1.27. The van der Waals surface area contributed by atoms with E-state index in [0.717, 1.165) is 0 Å². The molecule has 0 heterocycles. The minimum absolute atomic E-state index is 0. The molecule has 54 valence electrons. The molecule has 0 atom stereocenters. The standard InChI is InChI=1S/C8H8O2.Na.H/c1-6(9)7-2-4-8(10)5-3-7;;/h2-5,10H,1H3;;. The number of Topliss-reactive ketones (excluding diaryl/α,β-unsaturated/α-hetero) is 1. The van der Waals surface area contributed by atoms with Crippen molar-refractivity contribution in [1.29, 1.82) is 0 Å². The van der Waals surface area contributed by atoms with Crippen LogP contribution in [0.2, 0.25) is 0 Å². The first kappa shape index (κ1) is 10.7. The van der Waals surface area contributed by atoms with Crippen LogP contribution >= 0.6 is 0 Å². The Kier molecular flexibility index (Phi) is 4.42. The predicted octanol–water partition coefficient (Wildman–Crippen LogP) is 0.946. The Hall–Kier alpha value is -0.310. The molecule has 0 fully saturated rings. The summed E-state index contributed by atoms with van der Waals surface area (Å²) < 4.78 is 0. The summed E-state index contributed by atoms with van der Waals surface area (Å²) in [6.45, 7) is 1.49. The van der Waals surface area contributed by atoms with Crippen LogP contribution in [-0.4, -0.2) is 40.4 Å². The molecule has 0 aliphatic carbocycles. The number of hydrogen-bond acceptors (Lipinski definition) is 2. The number of ketones is 1. The first-order chi connectivity index (χ1) is 4.70. The molecule has 2 nitrogen and oxygen atoms in total. The Bertz CT molecular complexity index is 241. The van der Waals surface area contributed by atoms with Gasteiger partial charge < -0.3 is 5.11 Å². The zero-order valence-electron chi connectivity index (χ0n) is 5.66. The number of carbonyl (C=O) groups is 1. The monoisotopic (exact) mass is 160 g/mol. The van der Waals surface area contributed by atoms with Crippen LogP contribution in [-0.2, 0) is 0 Å². The van der Waals surface area contributed by atoms with Crippen LogP contribution in [0.15, 0.2) is 24.3 Å². The van der Waals surface area contributed by atoms with Gasteiger partial charge in [-0.15, -0.1) is 0 Å². The zero-order chi connectivity index (χ0) is 7.56. The van der Waals surface area contributed by atoms with Gasteiger partial charge in [0.25, 0.3) is 0 Å². The van der Waals surface area contributed by atoms with Gasteiger partial charge in [-0.25, -0.2) is 0 Å². The fourth-order valence-electron chi connectivity index (χ4n) is 0.696. The maximum atomic E-state index is 10.7. The summed E-state index contributed by atoms with van der Waals surface area (Å²) in [6.07, 6.45) is 0. The summed E-state index contributed by atoms with van der Waals surface area (Å²) >= 11 is 0. The van der Waals surface area contributed by atoms with Gasteiger partial charge in [0.05, 0.1) is 0 Å². The molecule has 0 aliphatic heterocycles. The Morgan fingerprint density at radius 1 is 1.27 bits per heavy atom. The number of carbonyl (C=O) groups excluding carboxylic acids is 1. The summed E-state index contributed by atoms with van der Waals surface area (Å²) in [6, 6.07) is 6.18. The van der Waals surface area contributed by atoms with E-state index in [9.17, 15) is 4.79 Å². The van der Waals surface area contributed by atoms with Crippen LogP contribution in [0, 0.1) is 0 Å². The van der Waals surface area contributed by atoms with E-state index < -0.39 is 0 Å². The van der Waals surface area contributed by atoms with E-state index in [0.29, 0.717) is 5.56 Å². The first-order valence-electron chi connectivity index (χ1n) is 3.00. The maximum absolute atomic E-state index is 10.7. The molecule has 1 aromatic carbocycles. The summed E-state index contributed by atoms with van der Waals surface area (Å²) in [5.74, 6) is 0.199. The van der Waals surface area contributed by atoms with E-state index >= 15 is 0 Å². The van der Waals surface area contributed by atoms with Crippen molar-refractivity contribution in [2.45, 2.75) is 6.92 Å². The average Bonchev–Trinajstić information content (AvgIpc) is 1.88. The number of phenols is 1. The van der Waals surface area contributed by atoms with Crippen molar-refractivity contribution in [2.75, 3.05) is 0 Å². The molecule has 11 heavy (non-hydrogen) atoms. The summed E-state index contributed by atoms with van der Waals surface area (Å²) in [4.78, 5) is 10.7. The normalized spacial score (nSPS) is 8.45. The summed E-state index contributed by atoms with van der Waals surface area (Å²) in [5.41, 5.74) is 0.623. The number of phenolic OH excluding ortho intramolecular Hbond substituents is 1. The second-order valence-corrected chi connectivity index (χ2v) is 2.10. The molecule has 0 amide bonds. The van der Waals surface area contributed by atoms with Gasteiger partial charge in [-0.2, -0.15) is 0 Å². The molecule has 1 rings (SSSR count). The van der Waals surface area contributed by atoms with Crippen molar-refractivity contribution in [3.05, 3.63) is 29.8 Å². The second kappa shape index (κ2) is 4.54. The molecule has 1 aromatic rings. The van der Waals surface area contributed by atoms with Crippen LogP contribution in [0.25, 0.3) is 0 Å². The fourth-order valence-corrected chi connectivity index (χ4v) is 0.696. The van der Waals surface area contributed by atoms with Gasteiger partial charge in [0.2, 0.25) is 0 Å². The van der Waals surface area contributed by atoms with Crippen LogP contribution in [0.3, 0.4) is 0 Å². The van der Waals surface area contributed by atoms with Gasteiger partial charge in [-0.05, 0) is 31.2 Å². The number of rotatable bonds is 1. The molecule has 3 heteroatoms. The molecule has 0 radical (unpaired) electrons. The molecule has 0 spiro atoms. The Balaban J connectivity index is 0.000001000. The topological polar surface area (TPSA) is 37.3 Å². The molecule has 0 saturated carbocycles. The minimum atomic E-state index is 0. The molecule has 0 bridgehead atoms. The predicted molar refractivity (Wildman–Crippen MR) is 45.3 cm³/mol. The first-order valence-corrected chi connectivity index (χ1v) is 3.00. The Morgan fingerprint density at radius 2 is 1.73 bits per heavy atom. The van der Waals surface area contributed by atoms with E-state index in [4.69, 9.17) is 5.11 Å². The van der Waals surface area contributed by atoms with Crippen molar-refractivity contribution in [3.8, 4) is 5.75 Å². The molecule has 0 aromatic heterocycles. The average molecular weight is 160 g/mol. The zero-order valence-corrected chi connectivity index (χ0v) is 5.66. The quantitative estimate of drug-likeness (QED) is 0.490. The van der Waals surface area contributed by atoms with Gasteiger partial charge in [0.1, 0.15) is 5.75 Å². The van der Waals surface area contributed by atoms with Gasteiger partial charge in [0, 0.05) is 5.56 Å². The van der Waals surface area contributed by atoms with Crippen molar-refractivity contribution < 1.29 is 9.90 Å². The molecule has 0 unspecified atom stereocenters. The van der Waals surface area contributed by atoms with Gasteiger partial charge in [-0.1, -0.05) is 0 Å². The third kappa shape index (κ3) is 3.06. The SMILES string of the molecule is CC(=O)c1ccc(O)cc1.[NaH]. The fraction of sp³-hybridized carbons (Fsp3) is 0.125. The van der Waals surface area contributed by atoms with Gasteiger partial charge in [0.15, 0.2) is 5.78 Å². The molecular weight excluding hydrogens is 151 g/mol. The third-order valence-electron chi connectivity index (χ3n) is 1.27. The number of hydrogen-bond donors (Lipinski definition) is 1. The summed E-state index contributed by atoms with van der Waals surface area (Å²) in [7, 11) is 0. The van der Waals surface area contributed by atoms with Crippen LogP contribution in [0.5, 0.6) is 5.75 Å². The number of benzene rings is 1. The van der Waals surface area contributed by atoms with Crippen LogP contribution < -0.4 is 0 Å². The Labute approximate surface area is 87.5 Å². The van der Waals surface area contributed by atoms with E-state index in [2.05, 4.69) is 0 Å². The molecular formula is C8H9NaO2. The van der Waals surface area contributed by atoms with Crippen molar-refractivity contribution >= 4 is 35.3 Å². The van der Waals surface area contributed by atoms with Crippen LogP contribution in [0.4, 0.5) is 0 Å². The van der Waals surface area contributed by atoms with Crippen LogP contribution in [0.1, 0.15) is 17.3 Å². The summed E-state index contributed by atoms with van der Waals surface area (Å²) in [5, 5.41) is 8.83. The number of aromatic hydroxyl groups is 1. The molecule has 0 aliphatic rings. The second-order valence-electron chi connectivity index (χ2n) is 2.10. The van der Waals surface area contributed by atoms with Crippen molar-refractivity contribution in [3.63, 3.8) is 0 Å². The van der Waals surface area contributed by atoms with Gasteiger partial charge >= 0.3 is 29.6 Å². The van der Waals surface area contributed by atoms with Crippen molar-refractivity contribution in [1.82, 2.24) is 0 Å². The van der Waals surface area contributed by atoms with Gasteiger partial charge in [-0.3, -0.25) is 4.79 Å². The molecule has 0 saturated heterocycles. The van der Waals surface area contributed by atoms with Crippen molar-refractivity contribution in [2.24, 2.45) is 0 Å². The van der Waals surface area contributed by atoms with E-state index in [-0.39, 0.29) is 41.1 Å².